The van der Waals surface area contributed by atoms with Gasteiger partial charge in [0, 0.05) is 13.6 Å². The second-order valence-corrected chi connectivity index (χ2v) is 3.82. The first-order valence-corrected chi connectivity index (χ1v) is 5.39. The van der Waals surface area contributed by atoms with Gasteiger partial charge in [0.25, 0.3) is 0 Å². The van der Waals surface area contributed by atoms with Crippen molar-refractivity contribution in [2.45, 2.75) is 26.4 Å². The molecule has 17 heavy (non-hydrogen) atoms. The maximum Gasteiger partial charge on any atom is 0.322 e. The first kappa shape index (κ1) is 13.5. The Morgan fingerprint density at radius 2 is 2.18 bits per heavy atom. The highest BCUT2D eigenvalue weighted by Gasteiger charge is 2.17. The number of aryl methyl sites for hydroxylation is 2. The maximum absolute atomic E-state index is 11.2. The standard InChI is InChI=1S/C11H19N3O3/c1-7-9(10(16-4)14(3)13-7)6-12-8(2)11(15)17-5/h8,12H,6H2,1-5H3. The van der Waals surface area contributed by atoms with Crippen LogP contribution in [0.4, 0.5) is 0 Å². The Bertz CT molecular complexity index is 401. The Kier molecular flexibility index (Phi) is 4.51. The normalized spacial score (nSPS) is 12.3. The van der Waals surface area contributed by atoms with Gasteiger partial charge in [0.15, 0.2) is 0 Å². The van der Waals surface area contributed by atoms with Crippen molar-refractivity contribution < 1.29 is 14.3 Å². The molecule has 1 atom stereocenters. The largest absolute Gasteiger partial charge is 0.481 e. The highest BCUT2D eigenvalue weighted by molar-refractivity contribution is 5.75. The van der Waals surface area contributed by atoms with E-state index >= 15 is 0 Å². The third-order valence-electron chi connectivity index (χ3n) is 2.62. The van der Waals surface area contributed by atoms with E-state index in [2.05, 4.69) is 15.2 Å². The maximum atomic E-state index is 11.2. The monoisotopic (exact) mass is 241 g/mol. The molecule has 0 amide bonds. The van der Waals surface area contributed by atoms with Crippen molar-refractivity contribution in [3.63, 3.8) is 0 Å². The van der Waals surface area contributed by atoms with Crippen LogP contribution in [0.1, 0.15) is 18.2 Å². The summed E-state index contributed by atoms with van der Waals surface area (Å²) in [5.74, 6) is 0.414. The number of carbonyl (C=O) groups is 1. The lowest BCUT2D eigenvalue weighted by molar-refractivity contribution is -0.142. The van der Waals surface area contributed by atoms with Crippen LogP contribution >= 0.6 is 0 Å². The van der Waals surface area contributed by atoms with E-state index in [-0.39, 0.29) is 12.0 Å². The zero-order chi connectivity index (χ0) is 13.0. The summed E-state index contributed by atoms with van der Waals surface area (Å²) in [6, 6.07) is -0.357. The second-order valence-electron chi connectivity index (χ2n) is 3.82. The molecular weight excluding hydrogens is 222 g/mol. The van der Waals surface area contributed by atoms with Gasteiger partial charge in [0.2, 0.25) is 5.88 Å². The minimum absolute atomic E-state index is 0.287. The van der Waals surface area contributed by atoms with Crippen molar-refractivity contribution in [1.29, 1.82) is 0 Å². The average molecular weight is 241 g/mol. The van der Waals surface area contributed by atoms with Gasteiger partial charge >= 0.3 is 5.97 Å². The number of carbonyl (C=O) groups excluding carboxylic acids is 1. The fraction of sp³-hybridized carbons (Fsp3) is 0.636. The SMILES string of the molecule is COC(=O)C(C)NCc1c(C)nn(C)c1OC. The van der Waals surface area contributed by atoms with E-state index in [0.29, 0.717) is 12.4 Å². The number of nitrogens with zero attached hydrogens (tertiary/aromatic N) is 2. The van der Waals surface area contributed by atoms with Crippen LogP contribution < -0.4 is 10.1 Å². The summed E-state index contributed by atoms with van der Waals surface area (Å²) in [4.78, 5) is 11.2. The van der Waals surface area contributed by atoms with Crippen molar-refractivity contribution >= 4 is 5.97 Å². The quantitative estimate of drug-likeness (QED) is 0.755. The first-order chi connectivity index (χ1) is 8.01. The van der Waals surface area contributed by atoms with Gasteiger partial charge in [-0.05, 0) is 13.8 Å². The molecule has 0 fully saturated rings. The molecule has 1 rings (SSSR count). The number of nitrogens with one attached hydrogen (secondary N) is 1. The molecule has 0 saturated carbocycles. The fourth-order valence-corrected chi connectivity index (χ4v) is 1.65. The van der Waals surface area contributed by atoms with Crippen LogP contribution in [0.3, 0.4) is 0 Å². The summed E-state index contributed by atoms with van der Waals surface area (Å²) < 4.78 is 11.6. The van der Waals surface area contributed by atoms with Crippen molar-refractivity contribution in [3.05, 3.63) is 11.3 Å². The molecule has 0 aliphatic rings. The van der Waals surface area contributed by atoms with Crippen molar-refractivity contribution in [2.75, 3.05) is 14.2 Å². The van der Waals surface area contributed by atoms with Crippen molar-refractivity contribution in [3.8, 4) is 5.88 Å². The van der Waals surface area contributed by atoms with E-state index in [1.807, 2.05) is 14.0 Å². The number of aromatic nitrogens is 2. The average Bonchev–Trinajstić information content (AvgIpc) is 2.58. The number of esters is 1. The van der Waals surface area contributed by atoms with E-state index in [4.69, 9.17) is 4.74 Å². The third kappa shape index (κ3) is 2.97. The molecule has 6 nitrogen and oxygen atoms in total. The number of rotatable bonds is 5. The molecule has 0 aromatic carbocycles. The minimum atomic E-state index is -0.357. The highest BCUT2D eigenvalue weighted by Crippen LogP contribution is 2.20. The molecule has 0 bridgehead atoms. The highest BCUT2D eigenvalue weighted by atomic mass is 16.5. The van der Waals surface area contributed by atoms with E-state index in [9.17, 15) is 4.79 Å². The van der Waals surface area contributed by atoms with Gasteiger partial charge < -0.3 is 14.8 Å². The molecule has 1 aromatic rings. The van der Waals surface area contributed by atoms with E-state index < -0.39 is 0 Å². The van der Waals surface area contributed by atoms with Crippen molar-refractivity contribution in [2.24, 2.45) is 7.05 Å². The summed E-state index contributed by atoms with van der Waals surface area (Å²) in [6.45, 7) is 4.17. The summed E-state index contributed by atoms with van der Waals surface area (Å²) in [5.41, 5.74) is 1.83. The van der Waals surface area contributed by atoms with Gasteiger partial charge in [0.1, 0.15) is 6.04 Å². The third-order valence-corrected chi connectivity index (χ3v) is 2.62. The molecule has 0 aliphatic carbocycles. The number of methoxy groups -OCH3 is 2. The number of hydrogen-bond acceptors (Lipinski definition) is 5. The van der Waals surface area contributed by atoms with Gasteiger partial charge in [-0.1, -0.05) is 0 Å². The minimum Gasteiger partial charge on any atom is -0.481 e. The van der Waals surface area contributed by atoms with Gasteiger partial charge in [-0.2, -0.15) is 5.10 Å². The van der Waals surface area contributed by atoms with Crippen LogP contribution in [-0.2, 0) is 23.1 Å². The van der Waals surface area contributed by atoms with E-state index in [0.717, 1.165) is 11.3 Å². The zero-order valence-electron chi connectivity index (χ0n) is 10.9. The Morgan fingerprint density at radius 1 is 1.53 bits per heavy atom. The lowest BCUT2D eigenvalue weighted by Gasteiger charge is -2.11. The summed E-state index contributed by atoms with van der Waals surface area (Å²) >= 11 is 0. The lowest BCUT2D eigenvalue weighted by Crippen LogP contribution is -2.34. The Hall–Kier alpha value is -1.56. The van der Waals surface area contributed by atoms with Crippen LogP contribution in [0.5, 0.6) is 5.88 Å². The molecule has 1 aromatic heterocycles. The molecule has 1 N–H and O–H groups in total. The van der Waals surface area contributed by atoms with Crippen LogP contribution in [-0.4, -0.2) is 36.0 Å². The predicted octanol–water partition coefficient (Wildman–Crippen LogP) is 0.388. The van der Waals surface area contributed by atoms with E-state index in [1.165, 1.54) is 7.11 Å². The fourth-order valence-electron chi connectivity index (χ4n) is 1.65. The molecule has 1 unspecified atom stereocenters. The van der Waals surface area contributed by atoms with Gasteiger partial charge in [-0.25, -0.2) is 4.68 Å². The van der Waals surface area contributed by atoms with Crippen LogP contribution in [0.15, 0.2) is 0 Å². The van der Waals surface area contributed by atoms with Crippen molar-refractivity contribution in [1.82, 2.24) is 15.1 Å². The van der Waals surface area contributed by atoms with E-state index in [1.54, 1.807) is 18.7 Å². The number of ether oxygens (including phenoxy) is 2. The molecular formula is C11H19N3O3. The second kappa shape index (κ2) is 5.67. The predicted molar refractivity (Wildman–Crippen MR) is 62.8 cm³/mol. The Morgan fingerprint density at radius 3 is 2.71 bits per heavy atom. The summed E-state index contributed by atoms with van der Waals surface area (Å²) in [7, 11) is 4.79. The molecule has 6 heteroatoms. The topological polar surface area (TPSA) is 65.4 Å². The molecule has 0 aliphatic heterocycles. The molecule has 0 saturated heterocycles. The Labute approximate surface area is 101 Å². The molecule has 0 radical (unpaired) electrons. The Balaban J connectivity index is 2.72. The van der Waals surface area contributed by atoms with Gasteiger partial charge in [0.05, 0.1) is 25.5 Å². The van der Waals surface area contributed by atoms with Crippen LogP contribution in [0, 0.1) is 6.92 Å². The zero-order valence-corrected chi connectivity index (χ0v) is 10.9. The van der Waals surface area contributed by atoms with Gasteiger partial charge in [-0.3, -0.25) is 4.79 Å². The summed E-state index contributed by atoms with van der Waals surface area (Å²) in [6.07, 6.45) is 0. The molecule has 1 heterocycles. The molecule has 0 spiro atoms. The van der Waals surface area contributed by atoms with Gasteiger partial charge in [-0.15, -0.1) is 0 Å². The molecule has 96 valence electrons. The number of hydrogen-bond donors (Lipinski definition) is 1. The first-order valence-electron chi connectivity index (χ1n) is 5.39. The lowest BCUT2D eigenvalue weighted by atomic mass is 10.2. The smallest absolute Gasteiger partial charge is 0.322 e. The summed E-state index contributed by atoms with van der Waals surface area (Å²) in [5, 5.41) is 7.33. The van der Waals surface area contributed by atoms with Crippen LogP contribution in [0.2, 0.25) is 0 Å². The van der Waals surface area contributed by atoms with Crippen LogP contribution in [0.25, 0.3) is 0 Å².